The molecule has 0 aromatic heterocycles. The number of ether oxygens (including phenoxy) is 1. The van der Waals surface area contributed by atoms with Crippen LogP contribution < -0.4 is 4.74 Å². The smallest absolute Gasteiger partial charge is 0.176 e. The Hall–Kier alpha value is -1.14. The van der Waals surface area contributed by atoms with Gasteiger partial charge in [0.15, 0.2) is 11.5 Å². The van der Waals surface area contributed by atoms with Crippen molar-refractivity contribution in [2.24, 2.45) is 0 Å². The summed E-state index contributed by atoms with van der Waals surface area (Å²) < 4.78 is 5.90. The highest BCUT2D eigenvalue weighted by molar-refractivity contribution is 9.10. The molecule has 0 aliphatic carbocycles. The first-order chi connectivity index (χ1) is 6.16. The molecule has 0 aliphatic heterocycles. The summed E-state index contributed by atoms with van der Waals surface area (Å²) in [6.45, 7) is 2.06. The molecule has 1 aromatic rings. The SMILES string of the molecule is C#CCOc1c(O)ccc(C)c1Br. The zero-order valence-electron chi connectivity index (χ0n) is 7.17. The average Bonchev–Trinajstić information content (AvgIpc) is 2.12. The van der Waals surface area contributed by atoms with E-state index >= 15 is 0 Å². The van der Waals surface area contributed by atoms with Crippen molar-refractivity contribution in [2.75, 3.05) is 6.61 Å². The fourth-order valence-electron chi connectivity index (χ4n) is 0.895. The van der Waals surface area contributed by atoms with E-state index in [-0.39, 0.29) is 12.4 Å². The number of hydrogen-bond acceptors (Lipinski definition) is 2. The third-order valence-corrected chi connectivity index (χ3v) is 2.55. The van der Waals surface area contributed by atoms with E-state index in [1.165, 1.54) is 0 Å². The minimum atomic E-state index is 0.0905. The maximum absolute atomic E-state index is 9.42. The number of hydrogen-bond donors (Lipinski definition) is 1. The Bertz CT molecular complexity index is 353. The average molecular weight is 241 g/mol. The molecular formula is C10H9BrO2. The predicted molar refractivity (Wildman–Crippen MR) is 54.9 cm³/mol. The molecule has 0 saturated heterocycles. The Morgan fingerprint density at radius 3 is 2.92 bits per heavy atom. The molecule has 0 radical (unpaired) electrons. The van der Waals surface area contributed by atoms with Gasteiger partial charge in [-0.3, -0.25) is 0 Å². The molecule has 0 aliphatic rings. The highest BCUT2D eigenvalue weighted by Crippen LogP contribution is 2.36. The second-order valence-electron chi connectivity index (χ2n) is 2.54. The summed E-state index contributed by atoms with van der Waals surface area (Å²) in [6, 6.07) is 3.37. The van der Waals surface area contributed by atoms with Crippen LogP contribution in [-0.4, -0.2) is 11.7 Å². The summed E-state index contributed by atoms with van der Waals surface area (Å²) in [4.78, 5) is 0. The van der Waals surface area contributed by atoms with Crippen molar-refractivity contribution >= 4 is 15.9 Å². The maximum Gasteiger partial charge on any atom is 0.176 e. The molecule has 2 nitrogen and oxygen atoms in total. The molecule has 0 unspecified atom stereocenters. The van der Waals surface area contributed by atoms with E-state index in [1.54, 1.807) is 12.1 Å². The summed E-state index contributed by atoms with van der Waals surface area (Å²) in [6.07, 6.45) is 5.04. The van der Waals surface area contributed by atoms with Crippen molar-refractivity contribution < 1.29 is 9.84 Å². The third kappa shape index (κ3) is 2.16. The molecule has 3 heteroatoms. The van der Waals surface area contributed by atoms with Gasteiger partial charge in [-0.25, -0.2) is 0 Å². The lowest BCUT2D eigenvalue weighted by Crippen LogP contribution is -1.95. The van der Waals surface area contributed by atoms with E-state index in [2.05, 4.69) is 21.9 Å². The van der Waals surface area contributed by atoms with Crippen LogP contribution in [0.4, 0.5) is 0 Å². The van der Waals surface area contributed by atoms with Crippen LogP contribution >= 0.6 is 15.9 Å². The fraction of sp³-hybridized carbons (Fsp3) is 0.200. The van der Waals surface area contributed by atoms with Crippen LogP contribution in [0.5, 0.6) is 11.5 Å². The van der Waals surface area contributed by atoms with Gasteiger partial charge >= 0.3 is 0 Å². The number of phenols is 1. The number of benzene rings is 1. The zero-order valence-corrected chi connectivity index (χ0v) is 8.76. The van der Waals surface area contributed by atoms with Crippen LogP contribution in [-0.2, 0) is 0 Å². The maximum atomic E-state index is 9.42. The topological polar surface area (TPSA) is 29.5 Å². The van der Waals surface area contributed by atoms with Crippen molar-refractivity contribution in [3.05, 3.63) is 22.2 Å². The molecule has 0 spiro atoms. The number of terminal acetylenes is 1. The van der Waals surface area contributed by atoms with Crippen LogP contribution in [0.15, 0.2) is 16.6 Å². The first-order valence-electron chi connectivity index (χ1n) is 3.71. The molecular weight excluding hydrogens is 232 g/mol. The normalized spacial score (nSPS) is 9.31. The number of aromatic hydroxyl groups is 1. The lowest BCUT2D eigenvalue weighted by atomic mass is 10.2. The molecule has 13 heavy (non-hydrogen) atoms. The van der Waals surface area contributed by atoms with E-state index < -0.39 is 0 Å². The van der Waals surface area contributed by atoms with E-state index in [0.717, 1.165) is 10.0 Å². The van der Waals surface area contributed by atoms with Gasteiger partial charge < -0.3 is 9.84 Å². The van der Waals surface area contributed by atoms with Gasteiger partial charge in [0.25, 0.3) is 0 Å². The highest BCUT2D eigenvalue weighted by atomic mass is 79.9. The van der Waals surface area contributed by atoms with Gasteiger partial charge in [-0.05, 0) is 34.5 Å². The van der Waals surface area contributed by atoms with Crippen LogP contribution in [0.25, 0.3) is 0 Å². The van der Waals surface area contributed by atoms with Crippen molar-refractivity contribution in [1.29, 1.82) is 0 Å². The highest BCUT2D eigenvalue weighted by Gasteiger charge is 2.08. The molecule has 0 atom stereocenters. The molecule has 1 N–H and O–H groups in total. The van der Waals surface area contributed by atoms with Gasteiger partial charge in [-0.15, -0.1) is 6.42 Å². The molecule has 0 amide bonds. The van der Waals surface area contributed by atoms with Gasteiger partial charge in [-0.2, -0.15) is 0 Å². The van der Waals surface area contributed by atoms with Gasteiger partial charge in [-0.1, -0.05) is 12.0 Å². The molecule has 68 valence electrons. The molecule has 1 aromatic carbocycles. The lowest BCUT2D eigenvalue weighted by molar-refractivity contribution is 0.339. The van der Waals surface area contributed by atoms with E-state index in [1.807, 2.05) is 6.92 Å². The summed E-state index contributed by atoms with van der Waals surface area (Å²) in [5.41, 5.74) is 0.991. The summed E-state index contributed by atoms with van der Waals surface area (Å²) in [5, 5.41) is 9.42. The first kappa shape index (κ1) is 9.94. The Morgan fingerprint density at radius 2 is 2.31 bits per heavy atom. The van der Waals surface area contributed by atoms with Crippen molar-refractivity contribution in [3.63, 3.8) is 0 Å². The quantitative estimate of drug-likeness (QED) is 0.806. The van der Waals surface area contributed by atoms with Crippen LogP contribution in [0.3, 0.4) is 0 Å². The van der Waals surface area contributed by atoms with E-state index in [9.17, 15) is 5.11 Å². The minimum Gasteiger partial charge on any atom is -0.504 e. The number of phenolic OH excluding ortho intramolecular Hbond substituents is 1. The van der Waals surface area contributed by atoms with Gasteiger partial charge in [0.05, 0.1) is 4.47 Å². The molecule has 0 heterocycles. The summed E-state index contributed by atoms with van der Waals surface area (Å²) in [7, 11) is 0. The molecule has 1 rings (SSSR count). The lowest BCUT2D eigenvalue weighted by Gasteiger charge is -2.08. The monoisotopic (exact) mass is 240 g/mol. The van der Waals surface area contributed by atoms with Crippen LogP contribution in [0, 0.1) is 19.3 Å². The third-order valence-electron chi connectivity index (χ3n) is 1.57. The van der Waals surface area contributed by atoms with Crippen molar-refractivity contribution in [2.45, 2.75) is 6.92 Å². The molecule has 0 saturated carbocycles. The summed E-state index contributed by atoms with van der Waals surface area (Å²) in [5.74, 6) is 2.83. The second-order valence-corrected chi connectivity index (χ2v) is 3.33. The Balaban J connectivity index is 3.04. The Morgan fingerprint density at radius 1 is 1.62 bits per heavy atom. The molecule has 0 bridgehead atoms. The molecule has 0 fully saturated rings. The van der Waals surface area contributed by atoms with Gasteiger partial charge in [0.2, 0.25) is 0 Å². The van der Waals surface area contributed by atoms with Gasteiger partial charge in [0, 0.05) is 0 Å². The number of rotatable bonds is 2. The second kappa shape index (κ2) is 4.20. The van der Waals surface area contributed by atoms with E-state index in [0.29, 0.717) is 5.75 Å². The number of halogens is 1. The fourth-order valence-corrected chi connectivity index (χ4v) is 1.35. The standard InChI is InChI=1S/C10H9BrO2/c1-3-6-13-10-8(12)5-4-7(2)9(10)11/h1,4-5,12H,6H2,2H3. The number of aryl methyl sites for hydroxylation is 1. The van der Waals surface area contributed by atoms with Crippen LogP contribution in [0.1, 0.15) is 5.56 Å². The van der Waals surface area contributed by atoms with Gasteiger partial charge in [0.1, 0.15) is 6.61 Å². The summed E-state index contributed by atoms with van der Waals surface area (Å²) >= 11 is 3.31. The Labute approximate surface area is 85.7 Å². The van der Waals surface area contributed by atoms with Crippen molar-refractivity contribution in [3.8, 4) is 23.8 Å². The van der Waals surface area contributed by atoms with Crippen molar-refractivity contribution in [1.82, 2.24) is 0 Å². The van der Waals surface area contributed by atoms with E-state index in [4.69, 9.17) is 11.2 Å². The Kier molecular flexibility index (Phi) is 3.21. The minimum absolute atomic E-state index is 0.0905. The predicted octanol–water partition coefficient (Wildman–Crippen LogP) is 2.48. The zero-order chi connectivity index (χ0) is 9.84. The largest absolute Gasteiger partial charge is 0.504 e. The van der Waals surface area contributed by atoms with Crippen LogP contribution in [0.2, 0.25) is 0 Å². The first-order valence-corrected chi connectivity index (χ1v) is 4.50.